The Morgan fingerprint density at radius 1 is 1.14 bits per heavy atom. The SMILES string of the molecule is CC(C)CCCC1COCC1C(C)C. The Morgan fingerprint density at radius 3 is 2.43 bits per heavy atom. The van der Waals surface area contributed by atoms with Gasteiger partial charge in [0.25, 0.3) is 0 Å². The van der Waals surface area contributed by atoms with Gasteiger partial charge in [-0.3, -0.25) is 0 Å². The van der Waals surface area contributed by atoms with Crippen LogP contribution in [0.1, 0.15) is 47.0 Å². The normalized spacial score (nSPS) is 27.9. The molecule has 2 atom stereocenters. The van der Waals surface area contributed by atoms with Crippen molar-refractivity contribution in [3.8, 4) is 0 Å². The van der Waals surface area contributed by atoms with Crippen LogP contribution in [-0.2, 0) is 4.74 Å². The van der Waals surface area contributed by atoms with E-state index in [1.165, 1.54) is 19.3 Å². The van der Waals surface area contributed by atoms with Crippen molar-refractivity contribution in [2.75, 3.05) is 13.2 Å². The molecule has 0 aromatic rings. The van der Waals surface area contributed by atoms with Crippen molar-refractivity contribution in [1.29, 1.82) is 0 Å². The van der Waals surface area contributed by atoms with E-state index in [1.54, 1.807) is 0 Å². The summed E-state index contributed by atoms with van der Waals surface area (Å²) in [5.74, 6) is 3.31. The maximum atomic E-state index is 5.59. The fourth-order valence-electron chi connectivity index (χ4n) is 2.44. The number of rotatable bonds is 5. The fourth-order valence-corrected chi connectivity index (χ4v) is 2.44. The van der Waals surface area contributed by atoms with Crippen LogP contribution in [0.25, 0.3) is 0 Å². The van der Waals surface area contributed by atoms with Crippen molar-refractivity contribution >= 4 is 0 Å². The van der Waals surface area contributed by atoms with Gasteiger partial charge in [0, 0.05) is 13.2 Å². The van der Waals surface area contributed by atoms with E-state index in [4.69, 9.17) is 4.74 Å². The molecular formula is C13H26O. The summed E-state index contributed by atoms with van der Waals surface area (Å²) in [6.07, 6.45) is 4.14. The van der Waals surface area contributed by atoms with Crippen LogP contribution in [-0.4, -0.2) is 13.2 Å². The molecule has 1 saturated heterocycles. The van der Waals surface area contributed by atoms with E-state index in [-0.39, 0.29) is 0 Å². The number of hydrogen-bond acceptors (Lipinski definition) is 1. The van der Waals surface area contributed by atoms with Crippen LogP contribution in [0, 0.1) is 23.7 Å². The maximum Gasteiger partial charge on any atom is 0.0500 e. The molecule has 1 fully saturated rings. The average molecular weight is 198 g/mol. The first kappa shape index (κ1) is 12.0. The first-order chi connectivity index (χ1) is 6.61. The minimum Gasteiger partial charge on any atom is -0.381 e. The highest BCUT2D eigenvalue weighted by atomic mass is 16.5. The van der Waals surface area contributed by atoms with Gasteiger partial charge in [-0.1, -0.05) is 40.5 Å². The van der Waals surface area contributed by atoms with Crippen LogP contribution in [0.2, 0.25) is 0 Å². The monoisotopic (exact) mass is 198 g/mol. The highest BCUT2D eigenvalue weighted by molar-refractivity contribution is 4.77. The maximum absolute atomic E-state index is 5.59. The molecule has 0 spiro atoms. The third-order valence-electron chi connectivity index (χ3n) is 3.46. The van der Waals surface area contributed by atoms with Crippen LogP contribution in [0.4, 0.5) is 0 Å². The highest BCUT2D eigenvalue weighted by Gasteiger charge is 2.29. The molecule has 1 aliphatic heterocycles. The smallest absolute Gasteiger partial charge is 0.0500 e. The Bertz CT molecular complexity index is 151. The molecule has 1 aliphatic rings. The molecular weight excluding hydrogens is 172 g/mol. The molecule has 14 heavy (non-hydrogen) atoms. The lowest BCUT2D eigenvalue weighted by Crippen LogP contribution is -2.18. The molecule has 1 heterocycles. The summed E-state index contributed by atoms with van der Waals surface area (Å²) in [5, 5.41) is 0. The molecule has 0 aromatic heterocycles. The quantitative estimate of drug-likeness (QED) is 0.654. The third-order valence-corrected chi connectivity index (χ3v) is 3.46. The standard InChI is InChI=1S/C13H26O/c1-10(2)6-5-7-12-8-14-9-13(12)11(3)4/h10-13H,5-9H2,1-4H3. The minimum atomic E-state index is 0.793. The van der Waals surface area contributed by atoms with Crippen molar-refractivity contribution in [3.63, 3.8) is 0 Å². The van der Waals surface area contributed by atoms with Crippen molar-refractivity contribution in [3.05, 3.63) is 0 Å². The summed E-state index contributed by atoms with van der Waals surface area (Å²) in [6, 6.07) is 0. The van der Waals surface area contributed by atoms with Gasteiger partial charge in [0.05, 0.1) is 0 Å². The van der Waals surface area contributed by atoms with Gasteiger partial charge in [0.2, 0.25) is 0 Å². The predicted molar refractivity (Wildman–Crippen MR) is 61.3 cm³/mol. The fraction of sp³-hybridized carbons (Fsp3) is 1.00. The Kier molecular flexibility index (Phi) is 4.94. The van der Waals surface area contributed by atoms with E-state index in [0.29, 0.717) is 0 Å². The summed E-state index contributed by atoms with van der Waals surface area (Å²) in [7, 11) is 0. The summed E-state index contributed by atoms with van der Waals surface area (Å²) >= 11 is 0. The van der Waals surface area contributed by atoms with E-state index in [9.17, 15) is 0 Å². The van der Waals surface area contributed by atoms with E-state index in [0.717, 1.165) is 36.9 Å². The second-order valence-corrected chi connectivity index (χ2v) is 5.53. The predicted octanol–water partition coefficient (Wildman–Crippen LogP) is 3.73. The van der Waals surface area contributed by atoms with Crippen LogP contribution < -0.4 is 0 Å². The molecule has 0 N–H and O–H groups in total. The van der Waals surface area contributed by atoms with Gasteiger partial charge < -0.3 is 4.74 Å². The lowest BCUT2D eigenvalue weighted by molar-refractivity contribution is 0.174. The van der Waals surface area contributed by atoms with Crippen molar-refractivity contribution in [2.24, 2.45) is 23.7 Å². The Balaban J connectivity index is 2.22. The van der Waals surface area contributed by atoms with Gasteiger partial charge in [-0.2, -0.15) is 0 Å². The summed E-state index contributed by atoms with van der Waals surface area (Å²) in [5.41, 5.74) is 0. The molecule has 1 heteroatoms. The molecule has 0 bridgehead atoms. The first-order valence-electron chi connectivity index (χ1n) is 6.19. The van der Waals surface area contributed by atoms with Crippen LogP contribution >= 0.6 is 0 Å². The first-order valence-corrected chi connectivity index (χ1v) is 6.19. The highest BCUT2D eigenvalue weighted by Crippen LogP contribution is 2.31. The number of hydrogen-bond donors (Lipinski definition) is 0. The van der Waals surface area contributed by atoms with Crippen LogP contribution in [0.15, 0.2) is 0 Å². The third kappa shape index (κ3) is 3.61. The molecule has 0 aromatic carbocycles. The largest absolute Gasteiger partial charge is 0.381 e. The molecule has 0 saturated carbocycles. The van der Waals surface area contributed by atoms with Gasteiger partial charge >= 0.3 is 0 Å². The molecule has 1 rings (SSSR count). The van der Waals surface area contributed by atoms with E-state index >= 15 is 0 Å². The molecule has 0 aliphatic carbocycles. The van der Waals surface area contributed by atoms with Gasteiger partial charge in [-0.25, -0.2) is 0 Å². The van der Waals surface area contributed by atoms with Crippen molar-refractivity contribution < 1.29 is 4.74 Å². The lowest BCUT2D eigenvalue weighted by Gasteiger charge is -2.21. The second kappa shape index (κ2) is 5.75. The molecule has 0 radical (unpaired) electrons. The zero-order valence-corrected chi connectivity index (χ0v) is 10.3. The lowest BCUT2D eigenvalue weighted by atomic mass is 9.83. The van der Waals surface area contributed by atoms with Crippen molar-refractivity contribution in [2.45, 2.75) is 47.0 Å². The summed E-state index contributed by atoms with van der Waals surface area (Å²) < 4.78 is 5.59. The van der Waals surface area contributed by atoms with Crippen LogP contribution in [0.5, 0.6) is 0 Å². The Morgan fingerprint density at radius 2 is 1.86 bits per heavy atom. The van der Waals surface area contributed by atoms with E-state index in [1.807, 2.05) is 0 Å². The zero-order valence-electron chi connectivity index (χ0n) is 10.3. The average Bonchev–Trinajstić information content (AvgIpc) is 2.51. The second-order valence-electron chi connectivity index (χ2n) is 5.53. The number of ether oxygens (including phenoxy) is 1. The summed E-state index contributed by atoms with van der Waals surface area (Å²) in [6.45, 7) is 11.3. The Hall–Kier alpha value is -0.0400. The van der Waals surface area contributed by atoms with Crippen molar-refractivity contribution in [1.82, 2.24) is 0 Å². The minimum absolute atomic E-state index is 0.793. The Labute approximate surface area is 89.2 Å². The van der Waals surface area contributed by atoms with Gasteiger partial charge in [-0.05, 0) is 30.1 Å². The van der Waals surface area contributed by atoms with E-state index in [2.05, 4.69) is 27.7 Å². The van der Waals surface area contributed by atoms with Gasteiger partial charge in [0.1, 0.15) is 0 Å². The molecule has 84 valence electrons. The topological polar surface area (TPSA) is 9.23 Å². The van der Waals surface area contributed by atoms with Gasteiger partial charge in [0.15, 0.2) is 0 Å². The van der Waals surface area contributed by atoms with Crippen LogP contribution in [0.3, 0.4) is 0 Å². The molecule has 0 amide bonds. The summed E-state index contributed by atoms with van der Waals surface area (Å²) in [4.78, 5) is 0. The van der Waals surface area contributed by atoms with Gasteiger partial charge in [-0.15, -0.1) is 0 Å². The molecule has 1 nitrogen and oxygen atoms in total. The molecule has 2 unspecified atom stereocenters. The zero-order chi connectivity index (χ0) is 10.6. The van der Waals surface area contributed by atoms with E-state index < -0.39 is 0 Å².